The van der Waals surface area contributed by atoms with Crippen LogP contribution in [0.25, 0.3) is 10.8 Å². The van der Waals surface area contributed by atoms with E-state index >= 15 is 0 Å². The number of alkyl carbamates (subject to hydrolysis) is 1. The van der Waals surface area contributed by atoms with E-state index in [1.54, 1.807) is 45.0 Å². The van der Waals surface area contributed by atoms with E-state index in [1.807, 2.05) is 69.3 Å². The molecule has 0 heterocycles. The first kappa shape index (κ1) is 29.6. The van der Waals surface area contributed by atoms with Gasteiger partial charge in [-0.3, -0.25) is 9.59 Å². The van der Waals surface area contributed by atoms with Crippen LogP contribution in [0.1, 0.15) is 59.6 Å². The third-order valence-electron chi connectivity index (χ3n) is 6.57. The number of rotatable bonds is 9. The molecular formula is C31H39N3O5. The quantitative estimate of drug-likeness (QED) is 0.340. The average molecular weight is 534 g/mol. The first-order chi connectivity index (χ1) is 18.4. The molecule has 3 N–H and O–H groups in total. The number of benzene rings is 3. The number of carbonyl (C=O) groups is 3. The minimum Gasteiger partial charge on any atom is -0.444 e. The third kappa shape index (κ3) is 7.57. The molecule has 0 aliphatic carbocycles. The lowest BCUT2D eigenvalue weighted by Gasteiger charge is -2.44. The Morgan fingerprint density at radius 3 is 2.10 bits per heavy atom. The number of hydrogen-bond acceptors (Lipinski definition) is 5. The molecule has 208 valence electrons. The van der Waals surface area contributed by atoms with Crippen molar-refractivity contribution in [2.24, 2.45) is 0 Å². The summed E-state index contributed by atoms with van der Waals surface area (Å²) >= 11 is 0. The normalized spacial score (nSPS) is 13.3. The van der Waals surface area contributed by atoms with Crippen molar-refractivity contribution in [2.45, 2.75) is 71.2 Å². The fraction of sp³-hybridized carbons (Fsp3) is 0.387. The van der Waals surface area contributed by atoms with Gasteiger partial charge in [-0.1, -0.05) is 67.6 Å². The fourth-order valence-corrected chi connectivity index (χ4v) is 4.28. The number of ether oxygens (including phenoxy) is 1. The van der Waals surface area contributed by atoms with Gasteiger partial charge in [-0.15, -0.1) is 0 Å². The highest BCUT2D eigenvalue weighted by Crippen LogP contribution is 2.33. The van der Waals surface area contributed by atoms with Crippen molar-refractivity contribution in [3.05, 3.63) is 78.4 Å². The molecule has 2 atom stereocenters. The number of anilines is 1. The summed E-state index contributed by atoms with van der Waals surface area (Å²) in [6.07, 6.45) is -0.323. The summed E-state index contributed by atoms with van der Waals surface area (Å²) in [6, 6.07) is 20.1. The van der Waals surface area contributed by atoms with Crippen LogP contribution in [-0.4, -0.2) is 51.7 Å². The second-order valence-corrected chi connectivity index (χ2v) is 11.1. The maximum Gasteiger partial charge on any atom is 0.408 e. The Morgan fingerprint density at radius 1 is 0.897 bits per heavy atom. The maximum atomic E-state index is 14.0. The Kier molecular flexibility index (Phi) is 9.35. The van der Waals surface area contributed by atoms with Crippen molar-refractivity contribution < 1.29 is 24.2 Å². The molecule has 2 unspecified atom stereocenters. The summed E-state index contributed by atoms with van der Waals surface area (Å²) in [7, 11) is 0. The van der Waals surface area contributed by atoms with Crippen LogP contribution < -0.4 is 10.6 Å². The van der Waals surface area contributed by atoms with Crippen LogP contribution in [0, 0.1) is 0 Å². The minimum atomic E-state index is -1.31. The van der Waals surface area contributed by atoms with E-state index in [9.17, 15) is 19.5 Å². The summed E-state index contributed by atoms with van der Waals surface area (Å²) in [5.41, 5.74) is -0.421. The van der Waals surface area contributed by atoms with Gasteiger partial charge in [0.2, 0.25) is 5.91 Å². The summed E-state index contributed by atoms with van der Waals surface area (Å²) in [4.78, 5) is 42.0. The van der Waals surface area contributed by atoms with Gasteiger partial charge in [-0.25, -0.2) is 4.79 Å². The Balaban J connectivity index is 2.03. The predicted molar refractivity (Wildman–Crippen MR) is 153 cm³/mol. The number of nitrogens with one attached hydrogen (secondary N) is 2. The Bertz CT molecular complexity index is 1300. The zero-order valence-electron chi connectivity index (χ0n) is 23.5. The zero-order chi connectivity index (χ0) is 28.8. The van der Waals surface area contributed by atoms with Gasteiger partial charge in [0.25, 0.3) is 5.91 Å². The van der Waals surface area contributed by atoms with E-state index in [1.165, 1.54) is 4.90 Å². The van der Waals surface area contributed by atoms with Crippen molar-refractivity contribution in [1.29, 1.82) is 0 Å². The molecule has 0 radical (unpaired) electrons. The van der Waals surface area contributed by atoms with Crippen LogP contribution in [0.3, 0.4) is 0 Å². The molecule has 3 aromatic carbocycles. The number of amides is 3. The highest BCUT2D eigenvalue weighted by molar-refractivity contribution is 6.00. The number of hydrogen-bond donors (Lipinski definition) is 3. The molecule has 8 nitrogen and oxygen atoms in total. The van der Waals surface area contributed by atoms with E-state index < -0.39 is 47.7 Å². The van der Waals surface area contributed by atoms with E-state index in [2.05, 4.69) is 10.6 Å². The predicted octanol–water partition coefficient (Wildman–Crippen LogP) is 5.42. The first-order valence-corrected chi connectivity index (χ1v) is 13.1. The molecule has 0 aliphatic rings. The zero-order valence-corrected chi connectivity index (χ0v) is 23.5. The van der Waals surface area contributed by atoms with Crippen LogP contribution in [0.2, 0.25) is 0 Å². The average Bonchev–Trinajstić information content (AvgIpc) is 2.89. The van der Waals surface area contributed by atoms with Crippen LogP contribution in [0.15, 0.2) is 72.8 Å². The van der Waals surface area contributed by atoms with Crippen molar-refractivity contribution >= 4 is 34.4 Å². The summed E-state index contributed by atoms with van der Waals surface area (Å²) in [5, 5.41) is 17.6. The molecule has 0 aliphatic heterocycles. The van der Waals surface area contributed by atoms with Crippen LogP contribution in [0.4, 0.5) is 10.5 Å². The topological polar surface area (TPSA) is 108 Å². The largest absolute Gasteiger partial charge is 0.444 e. The van der Waals surface area contributed by atoms with Crippen LogP contribution in [-0.2, 0) is 14.3 Å². The van der Waals surface area contributed by atoms with Gasteiger partial charge in [0.05, 0.1) is 6.61 Å². The van der Waals surface area contributed by atoms with E-state index in [0.29, 0.717) is 17.7 Å². The van der Waals surface area contributed by atoms with E-state index in [0.717, 1.165) is 10.8 Å². The molecule has 8 heteroatoms. The molecule has 39 heavy (non-hydrogen) atoms. The maximum absolute atomic E-state index is 14.0. The van der Waals surface area contributed by atoms with Gasteiger partial charge >= 0.3 is 6.09 Å². The third-order valence-corrected chi connectivity index (χ3v) is 6.57. The highest BCUT2D eigenvalue weighted by Gasteiger charge is 2.43. The Morgan fingerprint density at radius 2 is 1.51 bits per heavy atom. The highest BCUT2D eigenvalue weighted by atomic mass is 16.6. The van der Waals surface area contributed by atoms with Gasteiger partial charge in [-0.05, 0) is 69.5 Å². The lowest BCUT2D eigenvalue weighted by atomic mass is 9.92. The molecule has 3 amide bonds. The molecular weight excluding hydrogens is 494 g/mol. The molecule has 0 saturated heterocycles. The van der Waals surface area contributed by atoms with Crippen molar-refractivity contribution in [2.75, 3.05) is 11.9 Å². The lowest BCUT2D eigenvalue weighted by molar-refractivity contribution is -0.148. The molecule has 3 rings (SSSR count). The molecule has 3 aromatic rings. The van der Waals surface area contributed by atoms with Crippen molar-refractivity contribution in [1.82, 2.24) is 10.2 Å². The number of nitrogens with zero attached hydrogens (tertiary/aromatic N) is 1. The fourth-order valence-electron chi connectivity index (χ4n) is 4.28. The SMILES string of the molecule is CCC(C)(C)N(C(=O)C(CO)NC(=O)OC(C)(C)C)C(C(=O)Nc1ccc2ccccc2c1)c1ccccc1. The number of aliphatic hydroxyl groups is 1. The van der Waals surface area contributed by atoms with Gasteiger partial charge in [-0.2, -0.15) is 0 Å². The first-order valence-electron chi connectivity index (χ1n) is 13.1. The second kappa shape index (κ2) is 12.3. The van der Waals surface area contributed by atoms with Crippen molar-refractivity contribution in [3.63, 3.8) is 0 Å². The second-order valence-electron chi connectivity index (χ2n) is 11.1. The van der Waals surface area contributed by atoms with Gasteiger partial charge in [0, 0.05) is 11.2 Å². The molecule has 0 bridgehead atoms. The number of aliphatic hydroxyl groups excluding tert-OH is 1. The molecule has 0 fully saturated rings. The van der Waals surface area contributed by atoms with Crippen LogP contribution >= 0.6 is 0 Å². The molecule has 0 aromatic heterocycles. The summed E-state index contributed by atoms with van der Waals surface area (Å²) in [6.45, 7) is 10.1. The van der Waals surface area contributed by atoms with Gasteiger partial charge in [0.1, 0.15) is 17.7 Å². The summed E-state index contributed by atoms with van der Waals surface area (Å²) in [5.74, 6) is -1.02. The molecule has 0 spiro atoms. The Hall–Kier alpha value is -3.91. The van der Waals surface area contributed by atoms with Crippen molar-refractivity contribution in [3.8, 4) is 0 Å². The Labute approximate surface area is 230 Å². The monoisotopic (exact) mass is 533 g/mol. The molecule has 0 saturated carbocycles. The van der Waals surface area contributed by atoms with E-state index in [-0.39, 0.29) is 0 Å². The van der Waals surface area contributed by atoms with Gasteiger partial charge in [0.15, 0.2) is 0 Å². The van der Waals surface area contributed by atoms with Crippen LogP contribution in [0.5, 0.6) is 0 Å². The number of fused-ring (bicyclic) bond motifs is 1. The summed E-state index contributed by atoms with van der Waals surface area (Å²) < 4.78 is 5.31. The number of carbonyl (C=O) groups excluding carboxylic acids is 3. The van der Waals surface area contributed by atoms with E-state index in [4.69, 9.17) is 4.74 Å². The lowest BCUT2D eigenvalue weighted by Crippen LogP contribution is -2.59. The van der Waals surface area contributed by atoms with Gasteiger partial charge < -0.3 is 25.4 Å². The smallest absolute Gasteiger partial charge is 0.408 e. The standard InChI is InChI=1S/C31H39N3O5/c1-7-31(5,6)34(28(37)25(20-35)33-29(38)39-30(2,3)4)26(22-14-9-8-10-15-22)27(36)32-24-18-17-21-13-11-12-16-23(21)19-24/h8-19,25-26,35H,7,20H2,1-6H3,(H,32,36)(H,33,38). The minimum absolute atomic E-state index is 0.416.